The Balaban J connectivity index is 2.98. The van der Waals surface area contributed by atoms with Crippen LogP contribution in [0.4, 0.5) is 0 Å². The fourth-order valence-electron chi connectivity index (χ4n) is 1.70. The van der Waals surface area contributed by atoms with E-state index < -0.39 is 0 Å². The number of rotatable bonds is 2. The molecular formula is C10H13ClO2. The molecule has 0 aromatic rings. The van der Waals surface area contributed by atoms with Gasteiger partial charge < -0.3 is 9.59 Å². The van der Waals surface area contributed by atoms with E-state index in [1.807, 2.05) is 13.8 Å². The van der Waals surface area contributed by atoms with Crippen molar-refractivity contribution in [3.8, 4) is 0 Å². The van der Waals surface area contributed by atoms with Gasteiger partial charge in [0.25, 0.3) is 0 Å². The summed E-state index contributed by atoms with van der Waals surface area (Å²) in [7, 11) is 0. The summed E-state index contributed by atoms with van der Waals surface area (Å²) in [6, 6.07) is 0. The molecule has 0 heterocycles. The van der Waals surface area contributed by atoms with E-state index in [4.69, 9.17) is 11.6 Å². The second-order valence-corrected chi connectivity index (χ2v) is 4.05. The minimum atomic E-state index is -0.345. The number of hydrogen-bond donors (Lipinski definition) is 0. The molecule has 1 aliphatic rings. The van der Waals surface area contributed by atoms with Crippen LogP contribution in [0, 0.1) is 11.8 Å². The standard InChI is InChI=1S/C10H13ClO2/c1-6-3-8(4-12)9(5-13)10(11)7(6)2/h4-5,8-10H,3H2,1-2H3. The highest BCUT2D eigenvalue weighted by molar-refractivity contribution is 6.23. The second kappa shape index (κ2) is 4.05. The highest BCUT2D eigenvalue weighted by Gasteiger charge is 2.33. The van der Waals surface area contributed by atoms with Crippen molar-refractivity contribution in [3.05, 3.63) is 11.1 Å². The number of alkyl halides is 1. The molecule has 1 rings (SSSR count). The SMILES string of the molecule is CC1=C(C)C(Cl)C(C=O)C(C=O)C1. The molecule has 0 radical (unpaired) electrons. The van der Waals surface area contributed by atoms with Crippen LogP contribution >= 0.6 is 11.6 Å². The fourth-order valence-corrected chi connectivity index (χ4v) is 2.13. The fraction of sp³-hybridized carbons (Fsp3) is 0.600. The third-order valence-electron chi connectivity index (χ3n) is 2.79. The van der Waals surface area contributed by atoms with E-state index in [-0.39, 0.29) is 17.2 Å². The Bertz CT molecular complexity index is 258. The summed E-state index contributed by atoms with van der Waals surface area (Å²) in [6.07, 6.45) is 2.30. The van der Waals surface area contributed by atoms with E-state index in [9.17, 15) is 9.59 Å². The minimum absolute atomic E-state index is 0.233. The van der Waals surface area contributed by atoms with Crippen molar-refractivity contribution in [3.63, 3.8) is 0 Å². The predicted molar refractivity (Wildman–Crippen MR) is 51.7 cm³/mol. The molecule has 0 bridgehead atoms. The average Bonchev–Trinajstić information content (AvgIpc) is 2.13. The van der Waals surface area contributed by atoms with Gasteiger partial charge in [-0.1, -0.05) is 11.1 Å². The van der Waals surface area contributed by atoms with Crippen LogP contribution in [0.25, 0.3) is 0 Å². The Morgan fingerprint density at radius 1 is 1.31 bits per heavy atom. The van der Waals surface area contributed by atoms with Gasteiger partial charge in [0, 0.05) is 11.8 Å². The van der Waals surface area contributed by atoms with Crippen LogP contribution < -0.4 is 0 Å². The Morgan fingerprint density at radius 3 is 2.38 bits per heavy atom. The van der Waals surface area contributed by atoms with Crippen molar-refractivity contribution in [1.82, 2.24) is 0 Å². The summed E-state index contributed by atoms with van der Waals surface area (Å²) < 4.78 is 0. The molecule has 13 heavy (non-hydrogen) atoms. The highest BCUT2D eigenvalue weighted by atomic mass is 35.5. The van der Waals surface area contributed by atoms with E-state index in [1.54, 1.807) is 0 Å². The number of allylic oxidation sites excluding steroid dienone is 2. The summed E-state index contributed by atoms with van der Waals surface area (Å²) in [6.45, 7) is 3.88. The average molecular weight is 201 g/mol. The van der Waals surface area contributed by atoms with Crippen molar-refractivity contribution < 1.29 is 9.59 Å². The van der Waals surface area contributed by atoms with Crippen molar-refractivity contribution >= 4 is 24.2 Å². The van der Waals surface area contributed by atoms with Crippen molar-refractivity contribution in [2.24, 2.45) is 11.8 Å². The van der Waals surface area contributed by atoms with Gasteiger partial charge in [-0.3, -0.25) is 0 Å². The van der Waals surface area contributed by atoms with Gasteiger partial charge in [0.15, 0.2) is 0 Å². The maximum Gasteiger partial charge on any atom is 0.125 e. The van der Waals surface area contributed by atoms with Gasteiger partial charge in [-0.15, -0.1) is 11.6 Å². The third-order valence-corrected chi connectivity index (χ3v) is 3.41. The van der Waals surface area contributed by atoms with Crippen molar-refractivity contribution in [2.75, 3.05) is 0 Å². The molecule has 3 heteroatoms. The lowest BCUT2D eigenvalue weighted by atomic mass is 9.78. The molecule has 1 aliphatic carbocycles. The zero-order valence-corrected chi connectivity index (χ0v) is 8.54. The molecule has 3 atom stereocenters. The Morgan fingerprint density at radius 2 is 1.92 bits per heavy atom. The molecule has 0 aliphatic heterocycles. The molecule has 3 unspecified atom stereocenters. The quantitative estimate of drug-likeness (QED) is 0.388. The van der Waals surface area contributed by atoms with Crippen LogP contribution in [0.15, 0.2) is 11.1 Å². The van der Waals surface area contributed by atoms with Gasteiger partial charge in [-0.05, 0) is 20.3 Å². The van der Waals surface area contributed by atoms with E-state index in [0.717, 1.165) is 23.7 Å². The normalized spacial score (nSPS) is 34.5. The van der Waals surface area contributed by atoms with Crippen LogP contribution in [-0.2, 0) is 9.59 Å². The summed E-state index contributed by atoms with van der Waals surface area (Å²) in [5.74, 6) is -0.577. The summed E-state index contributed by atoms with van der Waals surface area (Å²) in [5.41, 5.74) is 2.17. The topological polar surface area (TPSA) is 34.1 Å². The van der Waals surface area contributed by atoms with Crippen LogP contribution in [0.3, 0.4) is 0 Å². The molecule has 0 saturated carbocycles. The molecule has 0 aromatic carbocycles. The summed E-state index contributed by atoms with van der Waals surface area (Å²) >= 11 is 6.05. The van der Waals surface area contributed by atoms with E-state index in [0.29, 0.717) is 6.42 Å². The first-order valence-corrected chi connectivity index (χ1v) is 4.76. The van der Waals surface area contributed by atoms with Crippen molar-refractivity contribution in [1.29, 1.82) is 0 Å². The third kappa shape index (κ3) is 1.83. The number of aldehydes is 2. The van der Waals surface area contributed by atoms with Gasteiger partial charge >= 0.3 is 0 Å². The van der Waals surface area contributed by atoms with Crippen LogP contribution in [0.2, 0.25) is 0 Å². The van der Waals surface area contributed by atoms with Crippen LogP contribution in [-0.4, -0.2) is 17.9 Å². The number of carbonyl (C=O) groups is 2. The Kier molecular flexibility index (Phi) is 3.26. The van der Waals surface area contributed by atoms with Gasteiger partial charge in [-0.2, -0.15) is 0 Å². The number of carbonyl (C=O) groups excluding carboxylic acids is 2. The molecule has 0 saturated heterocycles. The first-order chi connectivity index (χ1) is 6.11. The molecule has 0 spiro atoms. The van der Waals surface area contributed by atoms with Gasteiger partial charge in [0.2, 0.25) is 0 Å². The first kappa shape index (κ1) is 10.5. The van der Waals surface area contributed by atoms with Crippen molar-refractivity contribution in [2.45, 2.75) is 25.6 Å². The molecule has 0 amide bonds. The molecular weight excluding hydrogens is 188 g/mol. The molecule has 2 nitrogen and oxygen atoms in total. The van der Waals surface area contributed by atoms with Crippen LogP contribution in [0.1, 0.15) is 20.3 Å². The Labute approximate surface area is 83.0 Å². The first-order valence-electron chi connectivity index (χ1n) is 4.32. The lowest BCUT2D eigenvalue weighted by Gasteiger charge is -2.30. The molecule has 72 valence electrons. The second-order valence-electron chi connectivity index (χ2n) is 3.58. The zero-order valence-electron chi connectivity index (χ0n) is 7.79. The van der Waals surface area contributed by atoms with E-state index >= 15 is 0 Å². The maximum atomic E-state index is 10.7. The van der Waals surface area contributed by atoms with E-state index in [1.165, 1.54) is 0 Å². The van der Waals surface area contributed by atoms with Crippen LogP contribution in [0.5, 0.6) is 0 Å². The monoisotopic (exact) mass is 200 g/mol. The van der Waals surface area contributed by atoms with Gasteiger partial charge in [-0.25, -0.2) is 0 Å². The maximum absolute atomic E-state index is 10.7. The number of hydrogen-bond acceptors (Lipinski definition) is 2. The lowest BCUT2D eigenvalue weighted by Crippen LogP contribution is -2.32. The predicted octanol–water partition coefficient (Wildman–Crippen LogP) is 1.96. The summed E-state index contributed by atoms with van der Waals surface area (Å²) in [4.78, 5) is 21.4. The van der Waals surface area contributed by atoms with Gasteiger partial charge in [0.1, 0.15) is 12.6 Å². The molecule has 0 N–H and O–H groups in total. The molecule has 0 aromatic heterocycles. The lowest BCUT2D eigenvalue weighted by molar-refractivity contribution is -0.119. The highest BCUT2D eigenvalue weighted by Crippen LogP contribution is 2.35. The Hall–Kier alpha value is -0.630. The smallest absolute Gasteiger partial charge is 0.125 e. The van der Waals surface area contributed by atoms with Gasteiger partial charge in [0.05, 0.1) is 5.38 Å². The molecule has 0 fully saturated rings. The summed E-state index contributed by atoms with van der Waals surface area (Å²) in [5, 5.41) is -0.304. The zero-order chi connectivity index (χ0) is 10.0. The largest absolute Gasteiger partial charge is 0.303 e. The van der Waals surface area contributed by atoms with E-state index in [2.05, 4.69) is 0 Å². The number of halogens is 1. The minimum Gasteiger partial charge on any atom is -0.303 e.